The van der Waals surface area contributed by atoms with Gasteiger partial charge in [0.2, 0.25) is 0 Å². The minimum atomic E-state index is -4.76. The van der Waals surface area contributed by atoms with Crippen LogP contribution in [-0.2, 0) is 0 Å². The van der Waals surface area contributed by atoms with Crippen molar-refractivity contribution in [3.8, 4) is 5.75 Å². The van der Waals surface area contributed by atoms with Crippen molar-refractivity contribution in [2.75, 3.05) is 5.73 Å². The molecule has 0 aliphatic heterocycles. The molecule has 0 radical (unpaired) electrons. The van der Waals surface area contributed by atoms with E-state index in [9.17, 15) is 13.2 Å². The van der Waals surface area contributed by atoms with Gasteiger partial charge < -0.3 is 15.5 Å². The van der Waals surface area contributed by atoms with Crippen LogP contribution in [0.2, 0.25) is 0 Å². The summed E-state index contributed by atoms with van der Waals surface area (Å²) in [5.74, 6) is -0.113. The fourth-order valence-corrected chi connectivity index (χ4v) is 3.27. The zero-order valence-corrected chi connectivity index (χ0v) is 13.5. The summed E-state index contributed by atoms with van der Waals surface area (Å²) in [6.45, 7) is 0. The molecule has 0 aliphatic rings. The Kier molecular flexibility index (Phi) is 4.06. The topological polar surface area (TPSA) is 89.7 Å². The molecule has 0 amide bonds. The van der Waals surface area contributed by atoms with E-state index in [1.54, 1.807) is 6.07 Å². The lowest BCUT2D eigenvalue weighted by atomic mass is 10.3. The number of rotatable bonds is 3. The molecular formula is C12H7BrF3N5OS. The Morgan fingerprint density at radius 2 is 2.00 bits per heavy atom. The smallest absolute Gasteiger partial charge is 0.406 e. The van der Waals surface area contributed by atoms with Gasteiger partial charge in [0.05, 0.1) is 0 Å². The lowest BCUT2D eigenvalue weighted by Crippen LogP contribution is -2.17. The number of benzene rings is 1. The van der Waals surface area contributed by atoms with Crippen LogP contribution in [0, 0.1) is 0 Å². The molecule has 0 aliphatic carbocycles. The summed E-state index contributed by atoms with van der Waals surface area (Å²) in [5, 5.41) is 0.420. The molecule has 1 aromatic carbocycles. The van der Waals surface area contributed by atoms with Crippen molar-refractivity contribution >= 4 is 44.7 Å². The fourth-order valence-electron chi connectivity index (χ4n) is 1.77. The number of H-pyrrole nitrogens is 1. The maximum atomic E-state index is 12.3. The molecule has 0 atom stereocenters. The first-order valence-corrected chi connectivity index (χ1v) is 7.61. The van der Waals surface area contributed by atoms with E-state index >= 15 is 0 Å². The zero-order valence-electron chi connectivity index (χ0n) is 11.1. The number of aromatic nitrogens is 4. The van der Waals surface area contributed by atoms with E-state index < -0.39 is 6.36 Å². The Morgan fingerprint density at radius 1 is 1.22 bits per heavy atom. The van der Waals surface area contributed by atoms with Gasteiger partial charge >= 0.3 is 6.36 Å². The van der Waals surface area contributed by atoms with Crippen LogP contribution in [0.1, 0.15) is 0 Å². The minimum Gasteiger partial charge on any atom is -0.406 e. The Hall–Kier alpha value is -2.01. The minimum absolute atomic E-state index is 0.216. The number of aromatic amines is 1. The Bertz CT molecular complexity index is 870. The average Bonchev–Trinajstić information content (AvgIpc) is 2.79. The lowest BCUT2D eigenvalue weighted by molar-refractivity contribution is -0.274. The number of anilines is 1. The van der Waals surface area contributed by atoms with Gasteiger partial charge in [-0.3, -0.25) is 0 Å². The second-order valence-electron chi connectivity index (χ2n) is 4.27. The molecule has 3 N–H and O–H groups in total. The molecular weight excluding hydrogens is 399 g/mol. The third-order valence-electron chi connectivity index (χ3n) is 2.58. The molecule has 2 aromatic heterocycles. The van der Waals surface area contributed by atoms with Crippen LogP contribution in [-0.4, -0.2) is 26.3 Å². The normalized spacial score (nSPS) is 11.8. The van der Waals surface area contributed by atoms with Crippen LogP contribution in [0.15, 0.2) is 39.1 Å². The van der Waals surface area contributed by atoms with E-state index in [0.717, 1.165) is 11.8 Å². The molecule has 0 spiro atoms. The summed E-state index contributed by atoms with van der Waals surface area (Å²) in [6, 6.07) is 4.11. The fraction of sp³-hybridized carbons (Fsp3) is 0.0833. The Labute approximate surface area is 139 Å². The number of nitrogens with two attached hydrogens (primary N) is 1. The summed E-state index contributed by atoms with van der Waals surface area (Å²) in [5.41, 5.74) is 6.53. The van der Waals surface area contributed by atoms with Crippen LogP contribution in [0.25, 0.3) is 11.2 Å². The number of nitrogens with zero attached hydrogens (tertiary/aromatic N) is 3. The van der Waals surface area contributed by atoms with E-state index in [-0.39, 0.29) is 11.6 Å². The molecule has 0 saturated carbocycles. The quantitative estimate of drug-likeness (QED) is 0.689. The summed E-state index contributed by atoms with van der Waals surface area (Å²) < 4.78 is 41.3. The van der Waals surface area contributed by atoms with E-state index in [0.29, 0.717) is 25.7 Å². The molecule has 11 heteroatoms. The number of hydrogen-bond acceptors (Lipinski definition) is 6. The first kappa shape index (κ1) is 15.9. The van der Waals surface area contributed by atoms with Gasteiger partial charge in [-0.2, -0.15) is 0 Å². The van der Waals surface area contributed by atoms with Gasteiger partial charge in [-0.25, -0.2) is 15.0 Å². The van der Waals surface area contributed by atoms with E-state index in [4.69, 9.17) is 5.73 Å². The highest BCUT2D eigenvalue weighted by molar-refractivity contribution is 9.10. The van der Waals surface area contributed by atoms with Crippen LogP contribution < -0.4 is 10.5 Å². The van der Waals surface area contributed by atoms with Gasteiger partial charge in [0, 0.05) is 9.37 Å². The molecule has 0 unspecified atom stereocenters. The number of nitrogen functional groups attached to an aromatic ring is 1. The summed E-state index contributed by atoms with van der Waals surface area (Å²) in [6.07, 6.45) is -3.47. The van der Waals surface area contributed by atoms with Gasteiger partial charge in [-0.15, -0.1) is 13.2 Å². The van der Waals surface area contributed by atoms with Crippen molar-refractivity contribution < 1.29 is 17.9 Å². The van der Waals surface area contributed by atoms with Gasteiger partial charge in [0.1, 0.15) is 12.1 Å². The summed E-state index contributed by atoms with van der Waals surface area (Å²) in [7, 11) is 0. The molecule has 2 heterocycles. The number of halogens is 4. The number of hydrogen-bond donors (Lipinski definition) is 2. The molecule has 0 fully saturated rings. The molecule has 6 nitrogen and oxygen atoms in total. The van der Waals surface area contributed by atoms with Crippen molar-refractivity contribution in [1.82, 2.24) is 19.9 Å². The van der Waals surface area contributed by atoms with Crippen molar-refractivity contribution in [2.24, 2.45) is 0 Å². The van der Waals surface area contributed by atoms with Crippen molar-refractivity contribution in [2.45, 2.75) is 16.4 Å². The molecule has 0 saturated heterocycles. The van der Waals surface area contributed by atoms with Crippen LogP contribution in [0.3, 0.4) is 0 Å². The number of alkyl halides is 3. The van der Waals surface area contributed by atoms with E-state index in [2.05, 4.69) is 40.6 Å². The van der Waals surface area contributed by atoms with Gasteiger partial charge in [-0.05, 0) is 18.2 Å². The maximum Gasteiger partial charge on any atom is 0.573 e. The van der Waals surface area contributed by atoms with Gasteiger partial charge in [0.25, 0.3) is 0 Å². The van der Waals surface area contributed by atoms with Crippen LogP contribution in [0.4, 0.5) is 19.0 Å². The second kappa shape index (κ2) is 5.89. The standard InChI is InChI=1S/C12H7BrF3N5OS/c13-5-1-6(22-12(14,15)16)3-7(2-5)23-11-20-8-9(17)18-4-19-10(8)21-11/h1-4H,(H3,17,18,19,20,21). The highest BCUT2D eigenvalue weighted by atomic mass is 79.9. The van der Waals surface area contributed by atoms with Gasteiger partial charge in [0.15, 0.2) is 22.1 Å². The Morgan fingerprint density at radius 3 is 2.70 bits per heavy atom. The summed E-state index contributed by atoms with van der Waals surface area (Å²) in [4.78, 5) is 15.4. The molecule has 0 bridgehead atoms. The highest BCUT2D eigenvalue weighted by Crippen LogP contribution is 2.34. The van der Waals surface area contributed by atoms with Crippen molar-refractivity contribution in [3.63, 3.8) is 0 Å². The highest BCUT2D eigenvalue weighted by Gasteiger charge is 2.31. The van der Waals surface area contributed by atoms with Gasteiger partial charge in [-0.1, -0.05) is 27.7 Å². The van der Waals surface area contributed by atoms with E-state index in [1.807, 2.05) is 0 Å². The van der Waals surface area contributed by atoms with Crippen molar-refractivity contribution in [1.29, 1.82) is 0 Å². The van der Waals surface area contributed by atoms with Crippen molar-refractivity contribution in [3.05, 3.63) is 29.0 Å². The zero-order chi connectivity index (χ0) is 16.6. The largest absolute Gasteiger partial charge is 0.573 e. The molecule has 3 aromatic rings. The molecule has 120 valence electrons. The molecule has 3 rings (SSSR count). The first-order valence-electron chi connectivity index (χ1n) is 6.00. The third-order valence-corrected chi connectivity index (χ3v) is 3.90. The Balaban J connectivity index is 1.90. The lowest BCUT2D eigenvalue weighted by Gasteiger charge is -2.10. The number of nitrogens with one attached hydrogen (secondary N) is 1. The second-order valence-corrected chi connectivity index (χ2v) is 6.25. The predicted octanol–water partition coefficient (Wildman–Crippen LogP) is 3.75. The maximum absolute atomic E-state index is 12.3. The average molecular weight is 406 g/mol. The monoisotopic (exact) mass is 405 g/mol. The number of ether oxygens (including phenoxy) is 1. The van der Waals surface area contributed by atoms with Crippen LogP contribution >= 0.6 is 27.7 Å². The SMILES string of the molecule is Nc1ncnc2[nH]c(Sc3cc(Br)cc(OC(F)(F)F)c3)nc12. The first-order chi connectivity index (χ1) is 10.8. The third kappa shape index (κ3) is 3.85. The number of fused-ring (bicyclic) bond motifs is 1. The van der Waals surface area contributed by atoms with E-state index in [1.165, 1.54) is 18.5 Å². The number of imidazole rings is 1. The van der Waals surface area contributed by atoms with Crippen LogP contribution in [0.5, 0.6) is 5.75 Å². The summed E-state index contributed by atoms with van der Waals surface area (Å²) >= 11 is 4.26. The predicted molar refractivity (Wildman–Crippen MR) is 81.0 cm³/mol. The molecule has 23 heavy (non-hydrogen) atoms.